The molecule has 1 N–H and O–H groups in total. The zero-order chi connectivity index (χ0) is 13.8. The third kappa shape index (κ3) is 2.79. The number of aromatic nitrogens is 3. The summed E-state index contributed by atoms with van der Waals surface area (Å²) in [6.45, 7) is 3.00. The quantitative estimate of drug-likeness (QED) is 0.892. The van der Waals surface area contributed by atoms with E-state index in [0.29, 0.717) is 6.42 Å². The van der Waals surface area contributed by atoms with Crippen LogP contribution in [0.1, 0.15) is 5.69 Å². The number of nitrogens with one attached hydrogen (secondary N) is 1. The topological polar surface area (TPSA) is 65.1 Å². The van der Waals surface area contributed by atoms with Crippen LogP contribution in [0.3, 0.4) is 0 Å². The van der Waals surface area contributed by atoms with Gasteiger partial charge in [-0.3, -0.25) is 4.79 Å². The van der Waals surface area contributed by atoms with Gasteiger partial charge in [0.05, 0.1) is 6.42 Å². The minimum atomic E-state index is 0.168. The summed E-state index contributed by atoms with van der Waals surface area (Å²) in [5.74, 6) is 0.907. The van der Waals surface area contributed by atoms with E-state index < -0.39 is 0 Å². The lowest BCUT2D eigenvalue weighted by Crippen LogP contribution is -2.49. The smallest absolute Gasteiger partial charge is 0.228 e. The maximum Gasteiger partial charge on any atom is 0.228 e. The first-order valence-corrected chi connectivity index (χ1v) is 6.75. The Morgan fingerprint density at radius 3 is 2.55 bits per heavy atom. The fourth-order valence-electron chi connectivity index (χ4n) is 2.36. The standard InChI is InChI=1S/C14H17N5O/c20-13(11-12-3-1-4-15-12)18-7-9-19(10-8-18)14-16-5-2-6-17-14/h1-6,15H,7-11H2. The second-order valence-electron chi connectivity index (χ2n) is 4.79. The van der Waals surface area contributed by atoms with Gasteiger partial charge in [0.1, 0.15) is 0 Å². The summed E-state index contributed by atoms with van der Waals surface area (Å²) >= 11 is 0. The van der Waals surface area contributed by atoms with Crippen LogP contribution >= 0.6 is 0 Å². The van der Waals surface area contributed by atoms with Gasteiger partial charge in [0, 0.05) is 50.5 Å². The number of H-pyrrole nitrogens is 1. The van der Waals surface area contributed by atoms with Crippen LogP contribution in [0.25, 0.3) is 0 Å². The highest BCUT2D eigenvalue weighted by Gasteiger charge is 2.22. The van der Waals surface area contributed by atoms with Crippen LogP contribution in [0.4, 0.5) is 5.95 Å². The number of piperazine rings is 1. The molecule has 1 aliphatic heterocycles. The Morgan fingerprint density at radius 1 is 1.15 bits per heavy atom. The molecule has 1 aliphatic rings. The molecule has 20 heavy (non-hydrogen) atoms. The number of rotatable bonds is 3. The Hall–Kier alpha value is -2.37. The fraction of sp³-hybridized carbons (Fsp3) is 0.357. The molecule has 0 unspecified atom stereocenters. The van der Waals surface area contributed by atoms with Crippen molar-refractivity contribution in [3.05, 3.63) is 42.5 Å². The molecule has 104 valence electrons. The largest absolute Gasteiger partial charge is 0.365 e. The third-order valence-corrected chi connectivity index (χ3v) is 3.47. The van der Waals surface area contributed by atoms with Crippen molar-refractivity contribution in [1.29, 1.82) is 0 Å². The SMILES string of the molecule is O=C(Cc1ccc[nH]1)N1CCN(c2ncccn2)CC1. The molecule has 0 aliphatic carbocycles. The molecule has 3 rings (SSSR count). The van der Waals surface area contributed by atoms with Gasteiger partial charge in [-0.1, -0.05) is 0 Å². The van der Waals surface area contributed by atoms with Gasteiger partial charge < -0.3 is 14.8 Å². The van der Waals surface area contributed by atoms with Crippen molar-refractivity contribution in [1.82, 2.24) is 19.9 Å². The summed E-state index contributed by atoms with van der Waals surface area (Å²) in [4.78, 5) is 27.7. The maximum atomic E-state index is 12.2. The van der Waals surface area contributed by atoms with Gasteiger partial charge in [0.25, 0.3) is 0 Å². The molecule has 0 spiro atoms. The van der Waals surface area contributed by atoms with E-state index >= 15 is 0 Å². The first-order valence-electron chi connectivity index (χ1n) is 6.75. The summed E-state index contributed by atoms with van der Waals surface area (Å²) in [6, 6.07) is 5.65. The zero-order valence-corrected chi connectivity index (χ0v) is 11.2. The van der Waals surface area contributed by atoms with E-state index in [2.05, 4.69) is 19.9 Å². The predicted molar refractivity (Wildman–Crippen MR) is 75.3 cm³/mol. The first-order chi connectivity index (χ1) is 9.83. The average Bonchev–Trinajstić information content (AvgIpc) is 3.01. The van der Waals surface area contributed by atoms with Crippen molar-refractivity contribution in [3.8, 4) is 0 Å². The van der Waals surface area contributed by atoms with E-state index in [1.807, 2.05) is 23.2 Å². The number of nitrogens with zero attached hydrogens (tertiary/aromatic N) is 4. The number of carbonyl (C=O) groups is 1. The number of amides is 1. The van der Waals surface area contributed by atoms with Gasteiger partial charge >= 0.3 is 0 Å². The molecular weight excluding hydrogens is 254 g/mol. The first kappa shape index (κ1) is 12.7. The molecule has 0 bridgehead atoms. The number of hydrogen-bond donors (Lipinski definition) is 1. The van der Waals surface area contributed by atoms with Crippen LogP contribution in [0.5, 0.6) is 0 Å². The normalized spacial score (nSPS) is 15.4. The lowest BCUT2D eigenvalue weighted by molar-refractivity contribution is -0.130. The van der Waals surface area contributed by atoms with Crippen LogP contribution < -0.4 is 4.90 Å². The van der Waals surface area contributed by atoms with Crippen molar-refractivity contribution >= 4 is 11.9 Å². The molecule has 0 saturated carbocycles. The lowest BCUT2D eigenvalue weighted by atomic mass is 10.2. The van der Waals surface area contributed by atoms with E-state index in [4.69, 9.17) is 0 Å². The van der Waals surface area contributed by atoms with E-state index in [1.165, 1.54) is 0 Å². The number of hydrogen-bond acceptors (Lipinski definition) is 4. The molecule has 2 aromatic heterocycles. The van der Waals surface area contributed by atoms with Gasteiger partial charge in [-0.25, -0.2) is 9.97 Å². The summed E-state index contributed by atoms with van der Waals surface area (Å²) in [5, 5.41) is 0. The Labute approximate surface area is 117 Å². The lowest BCUT2D eigenvalue weighted by Gasteiger charge is -2.34. The fourth-order valence-corrected chi connectivity index (χ4v) is 2.36. The van der Waals surface area contributed by atoms with Crippen LogP contribution in [0.15, 0.2) is 36.8 Å². The molecule has 1 saturated heterocycles. The predicted octanol–water partition coefficient (Wildman–Crippen LogP) is 0.696. The van der Waals surface area contributed by atoms with E-state index in [0.717, 1.165) is 37.8 Å². The van der Waals surface area contributed by atoms with Crippen molar-refractivity contribution in [3.63, 3.8) is 0 Å². The second kappa shape index (κ2) is 5.73. The Balaban J connectivity index is 1.54. The highest BCUT2D eigenvalue weighted by molar-refractivity contribution is 5.78. The van der Waals surface area contributed by atoms with E-state index in [1.54, 1.807) is 18.5 Å². The summed E-state index contributed by atoms with van der Waals surface area (Å²) in [5.41, 5.74) is 0.962. The van der Waals surface area contributed by atoms with Crippen molar-refractivity contribution in [2.45, 2.75) is 6.42 Å². The summed E-state index contributed by atoms with van der Waals surface area (Å²) in [7, 11) is 0. The third-order valence-electron chi connectivity index (χ3n) is 3.47. The van der Waals surface area contributed by atoms with Gasteiger partial charge in [-0.05, 0) is 18.2 Å². The summed E-state index contributed by atoms with van der Waals surface area (Å²) in [6.07, 6.45) is 5.76. The number of anilines is 1. The Bertz CT molecular complexity index is 546. The van der Waals surface area contributed by atoms with Gasteiger partial charge in [0.2, 0.25) is 11.9 Å². The highest BCUT2D eigenvalue weighted by Crippen LogP contribution is 2.10. The van der Waals surface area contributed by atoms with Gasteiger partial charge in [0.15, 0.2) is 0 Å². The second-order valence-corrected chi connectivity index (χ2v) is 4.79. The molecule has 1 amide bonds. The van der Waals surface area contributed by atoms with Crippen LogP contribution in [-0.4, -0.2) is 51.9 Å². The van der Waals surface area contributed by atoms with Crippen molar-refractivity contribution in [2.24, 2.45) is 0 Å². The van der Waals surface area contributed by atoms with Crippen LogP contribution in [0, 0.1) is 0 Å². The molecule has 0 radical (unpaired) electrons. The molecule has 2 aromatic rings. The molecular formula is C14H17N5O. The average molecular weight is 271 g/mol. The van der Waals surface area contributed by atoms with E-state index in [-0.39, 0.29) is 5.91 Å². The van der Waals surface area contributed by atoms with Crippen LogP contribution in [0.2, 0.25) is 0 Å². The molecule has 6 nitrogen and oxygen atoms in total. The summed E-state index contributed by atoms with van der Waals surface area (Å²) < 4.78 is 0. The van der Waals surface area contributed by atoms with Crippen molar-refractivity contribution in [2.75, 3.05) is 31.1 Å². The van der Waals surface area contributed by atoms with Crippen molar-refractivity contribution < 1.29 is 4.79 Å². The minimum Gasteiger partial charge on any atom is -0.365 e. The number of carbonyl (C=O) groups excluding carboxylic acids is 1. The molecule has 0 aromatic carbocycles. The van der Waals surface area contributed by atoms with Gasteiger partial charge in [-0.2, -0.15) is 0 Å². The minimum absolute atomic E-state index is 0.168. The highest BCUT2D eigenvalue weighted by atomic mass is 16.2. The number of aromatic amines is 1. The van der Waals surface area contributed by atoms with E-state index in [9.17, 15) is 4.79 Å². The maximum absolute atomic E-state index is 12.2. The Morgan fingerprint density at radius 2 is 1.90 bits per heavy atom. The monoisotopic (exact) mass is 271 g/mol. The van der Waals surface area contributed by atoms with Crippen LogP contribution in [-0.2, 0) is 11.2 Å². The molecule has 0 atom stereocenters. The molecule has 1 fully saturated rings. The zero-order valence-electron chi connectivity index (χ0n) is 11.2. The molecule has 6 heteroatoms. The molecule has 3 heterocycles. The van der Waals surface area contributed by atoms with Gasteiger partial charge in [-0.15, -0.1) is 0 Å². The Kier molecular flexibility index (Phi) is 3.62.